The summed E-state index contributed by atoms with van der Waals surface area (Å²) in [6.07, 6.45) is 1.01. The molecule has 24 heavy (non-hydrogen) atoms. The molecule has 1 aliphatic heterocycles. The van der Waals surface area contributed by atoms with Crippen molar-refractivity contribution in [2.75, 3.05) is 25.7 Å². The number of benzene rings is 2. The Balaban J connectivity index is 1.81. The second kappa shape index (κ2) is 6.74. The van der Waals surface area contributed by atoms with E-state index in [1.807, 2.05) is 30.3 Å². The Kier molecular flexibility index (Phi) is 4.51. The third-order valence-corrected chi connectivity index (χ3v) is 4.23. The molecule has 5 nitrogen and oxygen atoms in total. The van der Waals surface area contributed by atoms with Crippen LogP contribution in [0.1, 0.15) is 21.5 Å². The Morgan fingerprint density at radius 3 is 2.67 bits per heavy atom. The van der Waals surface area contributed by atoms with Gasteiger partial charge in [0.15, 0.2) is 0 Å². The van der Waals surface area contributed by atoms with Gasteiger partial charge in [-0.15, -0.1) is 0 Å². The van der Waals surface area contributed by atoms with Crippen molar-refractivity contribution >= 4 is 17.6 Å². The van der Waals surface area contributed by atoms with Gasteiger partial charge in [-0.3, -0.25) is 4.79 Å². The van der Waals surface area contributed by atoms with Crippen molar-refractivity contribution in [2.45, 2.75) is 12.8 Å². The van der Waals surface area contributed by atoms with Crippen LogP contribution in [0, 0.1) is 0 Å². The number of fused-ring (bicyclic) bond motifs is 1. The Morgan fingerprint density at radius 1 is 1.12 bits per heavy atom. The van der Waals surface area contributed by atoms with Gasteiger partial charge in [-0.05, 0) is 36.2 Å². The number of hydrogen-bond acceptors (Lipinski definition) is 4. The number of carbonyl (C=O) groups is 2. The average molecular weight is 325 g/mol. The Morgan fingerprint density at radius 2 is 1.92 bits per heavy atom. The summed E-state index contributed by atoms with van der Waals surface area (Å²) in [5.41, 5.74) is 3.23. The number of nitrogens with zero attached hydrogens (tertiary/aromatic N) is 1. The van der Waals surface area contributed by atoms with Gasteiger partial charge < -0.3 is 14.4 Å². The molecule has 3 rings (SSSR count). The number of esters is 1. The summed E-state index contributed by atoms with van der Waals surface area (Å²) in [6.45, 7) is 0.619. The van der Waals surface area contributed by atoms with Crippen molar-refractivity contribution in [1.29, 1.82) is 0 Å². The molecule has 0 saturated heterocycles. The fourth-order valence-corrected chi connectivity index (χ4v) is 3.01. The second-order valence-corrected chi connectivity index (χ2v) is 5.62. The number of amides is 1. The Hall–Kier alpha value is -2.82. The normalized spacial score (nSPS) is 12.7. The van der Waals surface area contributed by atoms with E-state index in [2.05, 4.69) is 0 Å². The van der Waals surface area contributed by atoms with Gasteiger partial charge in [0, 0.05) is 17.8 Å². The zero-order chi connectivity index (χ0) is 17.1. The van der Waals surface area contributed by atoms with E-state index in [0.717, 1.165) is 23.2 Å². The molecule has 0 aromatic heterocycles. The maximum atomic E-state index is 12.7. The quantitative estimate of drug-likeness (QED) is 0.811. The highest BCUT2D eigenvalue weighted by Gasteiger charge is 2.26. The topological polar surface area (TPSA) is 55.8 Å². The average Bonchev–Trinajstić information content (AvgIpc) is 3.04. The summed E-state index contributed by atoms with van der Waals surface area (Å²) in [4.78, 5) is 26.1. The summed E-state index contributed by atoms with van der Waals surface area (Å²) >= 11 is 0. The molecule has 124 valence electrons. The Bertz CT molecular complexity index is 785. The lowest BCUT2D eigenvalue weighted by atomic mass is 10.1. The van der Waals surface area contributed by atoms with Crippen LogP contribution in [-0.4, -0.2) is 32.6 Å². The van der Waals surface area contributed by atoms with Gasteiger partial charge in [0.2, 0.25) is 5.91 Å². The van der Waals surface area contributed by atoms with Gasteiger partial charge in [-0.25, -0.2) is 4.79 Å². The van der Waals surface area contributed by atoms with Crippen molar-refractivity contribution < 1.29 is 19.1 Å². The minimum Gasteiger partial charge on any atom is -0.496 e. The molecule has 0 saturated carbocycles. The highest BCUT2D eigenvalue weighted by molar-refractivity contribution is 5.98. The predicted octanol–water partition coefficient (Wildman–Crippen LogP) is 2.61. The van der Waals surface area contributed by atoms with E-state index in [1.165, 1.54) is 7.11 Å². The molecule has 1 aliphatic rings. The molecule has 0 unspecified atom stereocenters. The number of methoxy groups -OCH3 is 2. The van der Waals surface area contributed by atoms with E-state index in [0.29, 0.717) is 17.9 Å². The molecular weight excluding hydrogens is 306 g/mol. The summed E-state index contributed by atoms with van der Waals surface area (Å²) in [6, 6.07) is 12.8. The maximum absolute atomic E-state index is 12.7. The van der Waals surface area contributed by atoms with Crippen molar-refractivity contribution in [3.63, 3.8) is 0 Å². The van der Waals surface area contributed by atoms with Crippen LogP contribution in [0.5, 0.6) is 5.75 Å². The van der Waals surface area contributed by atoms with Crippen LogP contribution in [0.4, 0.5) is 5.69 Å². The number of carbonyl (C=O) groups excluding carboxylic acids is 2. The molecule has 0 bridgehead atoms. The molecule has 0 spiro atoms. The molecule has 5 heteroatoms. The molecule has 0 N–H and O–H groups in total. The van der Waals surface area contributed by atoms with Gasteiger partial charge in [0.05, 0.1) is 26.2 Å². The number of para-hydroxylation sites is 1. The zero-order valence-corrected chi connectivity index (χ0v) is 13.7. The first-order valence-corrected chi connectivity index (χ1v) is 7.77. The lowest BCUT2D eigenvalue weighted by molar-refractivity contribution is -0.117. The molecular formula is C19H19NO4. The fraction of sp³-hybridized carbons (Fsp3) is 0.263. The van der Waals surface area contributed by atoms with Gasteiger partial charge in [-0.1, -0.05) is 18.2 Å². The highest BCUT2D eigenvalue weighted by Crippen LogP contribution is 2.30. The third kappa shape index (κ3) is 2.97. The minimum atomic E-state index is -0.364. The summed E-state index contributed by atoms with van der Waals surface area (Å²) < 4.78 is 10.1. The minimum absolute atomic E-state index is 0.0177. The van der Waals surface area contributed by atoms with Crippen molar-refractivity contribution in [2.24, 2.45) is 0 Å². The van der Waals surface area contributed by atoms with Crippen LogP contribution in [0.25, 0.3) is 0 Å². The number of ether oxygens (including phenoxy) is 2. The lowest BCUT2D eigenvalue weighted by Crippen LogP contribution is -2.30. The van der Waals surface area contributed by atoms with Gasteiger partial charge in [0.1, 0.15) is 5.75 Å². The first-order chi connectivity index (χ1) is 11.6. The van der Waals surface area contributed by atoms with Crippen LogP contribution in [0.2, 0.25) is 0 Å². The Labute approximate surface area is 140 Å². The standard InChI is InChI=1S/C19H19NO4/c1-23-17-6-4-3-5-14(17)12-18(21)20-10-9-13-11-15(19(22)24-2)7-8-16(13)20/h3-8,11H,9-10,12H2,1-2H3. The predicted molar refractivity (Wildman–Crippen MR) is 90.5 cm³/mol. The third-order valence-electron chi connectivity index (χ3n) is 4.23. The van der Waals surface area contributed by atoms with Crippen LogP contribution < -0.4 is 9.64 Å². The molecule has 2 aromatic carbocycles. The lowest BCUT2D eigenvalue weighted by Gasteiger charge is -2.18. The van der Waals surface area contributed by atoms with E-state index in [9.17, 15) is 9.59 Å². The first-order valence-electron chi connectivity index (χ1n) is 7.77. The van der Waals surface area contributed by atoms with E-state index in [-0.39, 0.29) is 18.3 Å². The molecule has 0 atom stereocenters. The van der Waals surface area contributed by atoms with Crippen molar-refractivity contribution in [1.82, 2.24) is 0 Å². The van der Waals surface area contributed by atoms with Crippen molar-refractivity contribution in [3.05, 3.63) is 59.2 Å². The monoisotopic (exact) mass is 325 g/mol. The van der Waals surface area contributed by atoms with E-state index in [1.54, 1.807) is 24.1 Å². The van der Waals surface area contributed by atoms with Gasteiger partial charge in [0.25, 0.3) is 0 Å². The summed E-state index contributed by atoms with van der Waals surface area (Å²) in [7, 11) is 2.96. The maximum Gasteiger partial charge on any atom is 0.337 e. The molecule has 0 aliphatic carbocycles. The number of anilines is 1. The van der Waals surface area contributed by atoms with E-state index < -0.39 is 0 Å². The number of hydrogen-bond donors (Lipinski definition) is 0. The molecule has 0 fully saturated rings. The van der Waals surface area contributed by atoms with Crippen LogP contribution >= 0.6 is 0 Å². The number of rotatable bonds is 4. The molecule has 1 amide bonds. The molecule has 2 aromatic rings. The first kappa shape index (κ1) is 16.1. The van der Waals surface area contributed by atoms with Crippen LogP contribution in [0.15, 0.2) is 42.5 Å². The fourth-order valence-electron chi connectivity index (χ4n) is 3.01. The van der Waals surface area contributed by atoms with Crippen LogP contribution in [0.3, 0.4) is 0 Å². The van der Waals surface area contributed by atoms with Gasteiger partial charge >= 0.3 is 5.97 Å². The summed E-state index contributed by atoms with van der Waals surface area (Å²) in [5.74, 6) is 0.368. The smallest absolute Gasteiger partial charge is 0.337 e. The highest BCUT2D eigenvalue weighted by atomic mass is 16.5. The van der Waals surface area contributed by atoms with Gasteiger partial charge in [-0.2, -0.15) is 0 Å². The summed E-state index contributed by atoms with van der Waals surface area (Å²) in [5, 5.41) is 0. The van der Waals surface area contributed by atoms with Crippen molar-refractivity contribution in [3.8, 4) is 5.75 Å². The zero-order valence-electron chi connectivity index (χ0n) is 13.7. The largest absolute Gasteiger partial charge is 0.496 e. The SMILES string of the molecule is COC(=O)c1ccc2c(c1)CCN2C(=O)Cc1ccccc1OC. The molecule has 0 radical (unpaired) electrons. The van der Waals surface area contributed by atoms with E-state index in [4.69, 9.17) is 9.47 Å². The second-order valence-electron chi connectivity index (χ2n) is 5.62. The van der Waals surface area contributed by atoms with Crippen LogP contribution in [-0.2, 0) is 22.4 Å². The molecule has 1 heterocycles. The van der Waals surface area contributed by atoms with E-state index >= 15 is 0 Å².